The topological polar surface area (TPSA) is 124 Å². The summed E-state index contributed by atoms with van der Waals surface area (Å²) in [5.41, 5.74) is 2.81. The Labute approximate surface area is 242 Å². The van der Waals surface area contributed by atoms with Crippen molar-refractivity contribution in [1.82, 2.24) is 29.9 Å². The van der Waals surface area contributed by atoms with Crippen LogP contribution in [0.4, 0.5) is 0 Å². The van der Waals surface area contributed by atoms with Crippen LogP contribution in [-0.4, -0.2) is 79.8 Å². The number of carbonyl (C=O) groups excluding carboxylic acids is 2. The van der Waals surface area contributed by atoms with Crippen LogP contribution in [-0.2, 0) is 11.3 Å². The lowest BCUT2D eigenvalue weighted by atomic mass is 9.95. The summed E-state index contributed by atoms with van der Waals surface area (Å²) in [5, 5.41) is 32.3. The van der Waals surface area contributed by atoms with E-state index in [0.29, 0.717) is 42.1 Å². The first-order valence-electron chi connectivity index (χ1n) is 14.3. The van der Waals surface area contributed by atoms with Gasteiger partial charge in [0, 0.05) is 44.4 Å². The molecule has 2 aromatic carbocycles. The van der Waals surface area contributed by atoms with Gasteiger partial charge in [0.25, 0.3) is 5.91 Å². The van der Waals surface area contributed by atoms with E-state index in [9.17, 15) is 19.8 Å². The zero-order valence-electron chi connectivity index (χ0n) is 24.4. The summed E-state index contributed by atoms with van der Waals surface area (Å²) in [6, 6.07) is 10.8. The van der Waals surface area contributed by atoms with Crippen molar-refractivity contribution in [3.63, 3.8) is 0 Å². The Bertz CT molecular complexity index is 1360. The first kappa shape index (κ1) is 30.0. The van der Waals surface area contributed by atoms with E-state index in [-0.39, 0.29) is 41.0 Å². The van der Waals surface area contributed by atoms with Crippen molar-refractivity contribution in [2.45, 2.75) is 52.5 Å². The first-order chi connectivity index (χ1) is 19.6. The quantitative estimate of drug-likeness (QED) is 0.340. The summed E-state index contributed by atoms with van der Waals surface area (Å²) in [6.07, 6.45) is 2.40. The number of rotatable bonds is 10. The molecule has 1 aliphatic rings. The minimum Gasteiger partial charge on any atom is -0.508 e. The number of hydrogen-bond acceptors (Lipinski definition) is 7. The van der Waals surface area contributed by atoms with Crippen molar-refractivity contribution >= 4 is 11.8 Å². The van der Waals surface area contributed by atoms with Gasteiger partial charge in [-0.25, -0.2) is 0 Å². The van der Waals surface area contributed by atoms with Gasteiger partial charge in [0.05, 0.1) is 5.56 Å². The van der Waals surface area contributed by atoms with Gasteiger partial charge in [0.15, 0.2) is 5.82 Å². The maximum atomic E-state index is 12.9. The van der Waals surface area contributed by atoms with Gasteiger partial charge in [-0.3, -0.25) is 19.1 Å². The van der Waals surface area contributed by atoms with Gasteiger partial charge in [0.1, 0.15) is 11.5 Å². The van der Waals surface area contributed by atoms with Gasteiger partial charge in [-0.05, 0) is 74.5 Å². The number of carbonyl (C=O) groups is 2. The van der Waals surface area contributed by atoms with Crippen molar-refractivity contribution in [2.75, 3.05) is 33.2 Å². The number of likely N-dealkylation sites (tertiary alicyclic amines) is 1. The minimum atomic E-state index is -0.379. The molecule has 3 N–H and O–H groups in total. The van der Waals surface area contributed by atoms with Crippen LogP contribution >= 0.6 is 0 Å². The number of amides is 2. The summed E-state index contributed by atoms with van der Waals surface area (Å²) in [6.45, 7) is 13.1. The van der Waals surface area contributed by atoms with Crippen LogP contribution in [0.3, 0.4) is 0 Å². The molecule has 1 radical (unpaired) electrons. The van der Waals surface area contributed by atoms with Gasteiger partial charge in [-0.2, -0.15) is 0 Å². The SMILES string of the molecule is [CH2]CCN(C)C(=O)C1CCN(Cc2ccc(-n3c(C(=O)NCC)nnc3-c3cc(C(C)C)c(O)cc3O)cc2)CC1. The fraction of sp³-hybridized carbons (Fsp3) is 0.452. The van der Waals surface area contributed by atoms with Gasteiger partial charge < -0.3 is 20.4 Å². The van der Waals surface area contributed by atoms with Gasteiger partial charge in [-0.15, -0.1) is 10.2 Å². The van der Waals surface area contributed by atoms with E-state index < -0.39 is 0 Å². The van der Waals surface area contributed by atoms with Crippen LogP contribution in [0, 0.1) is 12.8 Å². The number of aromatic nitrogens is 3. The van der Waals surface area contributed by atoms with Crippen LogP contribution < -0.4 is 5.32 Å². The highest BCUT2D eigenvalue weighted by Crippen LogP contribution is 2.38. The second-order valence-electron chi connectivity index (χ2n) is 11.0. The van der Waals surface area contributed by atoms with E-state index in [1.54, 1.807) is 15.5 Å². The lowest BCUT2D eigenvalue weighted by Crippen LogP contribution is -2.41. The Morgan fingerprint density at radius 3 is 2.39 bits per heavy atom. The molecule has 0 bridgehead atoms. The second kappa shape index (κ2) is 13.2. The molecule has 1 aliphatic heterocycles. The van der Waals surface area contributed by atoms with Gasteiger partial charge in [0.2, 0.25) is 11.7 Å². The molecule has 41 heavy (non-hydrogen) atoms. The molecule has 1 saturated heterocycles. The number of phenolic OH excluding ortho intramolecular Hbond substituents is 2. The highest BCUT2D eigenvalue weighted by molar-refractivity contribution is 5.92. The van der Waals surface area contributed by atoms with E-state index in [4.69, 9.17) is 0 Å². The fourth-order valence-corrected chi connectivity index (χ4v) is 5.33. The Balaban J connectivity index is 1.57. The largest absolute Gasteiger partial charge is 0.508 e. The smallest absolute Gasteiger partial charge is 0.289 e. The monoisotopic (exact) mass is 561 g/mol. The molecule has 10 nitrogen and oxygen atoms in total. The molecule has 0 aliphatic carbocycles. The third-order valence-corrected chi connectivity index (χ3v) is 7.62. The molecule has 2 heterocycles. The molecule has 4 rings (SSSR count). The summed E-state index contributed by atoms with van der Waals surface area (Å²) in [7, 11) is 1.85. The normalized spacial score (nSPS) is 14.4. The number of piperidine rings is 1. The van der Waals surface area contributed by atoms with Crippen molar-refractivity contribution in [1.29, 1.82) is 0 Å². The molecule has 3 aromatic rings. The molecule has 1 fully saturated rings. The molecule has 2 amide bonds. The number of phenols is 2. The predicted octanol–water partition coefficient (Wildman–Crippen LogP) is 4.11. The van der Waals surface area contributed by atoms with Crippen molar-refractivity contribution in [3.8, 4) is 28.6 Å². The van der Waals surface area contributed by atoms with Gasteiger partial charge in [-0.1, -0.05) is 32.9 Å². The highest BCUT2D eigenvalue weighted by Gasteiger charge is 2.27. The lowest BCUT2D eigenvalue weighted by Gasteiger charge is -2.33. The maximum absolute atomic E-state index is 12.9. The van der Waals surface area contributed by atoms with Crippen LogP contribution in [0.1, 0.15) is 67.7 Å². The standard InChI is InChI=1S/C31H41N6O4/c1-6-14-35(5)31(41)22-12-15-36(16-13-22)19-21-8-10-23(11-9-21)37-28(33-34-29(37)30(40)32-7-2)25-17-24(20(3)4)26(38)18-27(25)39/h8-11,17-18,20,22,38-39H,1,6-7,12-16,19H2,2-5H3,(H,32,40). The van der Waals surface area contributed by atoms with E-state index in [1.165, 1.54) is 6.07 Å². The third-order valence-electron chi connectivity index (χ3n) is 7.62. The molecule has 0 unspecified atom stereocenters. The third kappa shape index (κ3) is 6.70. The van der Waals surface area contributed by atoms with Gasteiger partial charge >= 0.3 is 0 Å². The van der Waals surface area contributed by atoms with E-state index in [1.807, 2.05) is 52.1 Å². The summed E-state index contributed by atoms with van der Waals surface area (Å²) in [4.78, 5) is 29.7. The average molecular weight is 562 g/mol. The van der Waals surface area contributed by atoms with Crippen LogP contribution in [0.2, 0.25) is 0 Å². The summed E-state index contributed by atoms with van der Waals surface area (Å²) < 4.78 is 1.63. The van der Waals surface area contributed by atoms with E-state index in [2.05, 4.69) is 27.3 Å². The molecule has 0 spiro atoms. The van der Waals surface area contributed by atoms with Crippen LogP contribution in [0.15, 0.2) is 36.4 Å². The Morgan fingerprint density at radius 2 is 1.78 bits per heavy atom. The summed E-state index contributed by atoms with van der Waals surface area (Å²) in [5.74, 6) is 0.153. The molecular formula is C31H41N6O4. The molecule has 219 valence electrons. The molecule has 10 heteroatoms. The van der Waals surface area contributed by atoms with E-state index >= 15 is 0 Å². The van der Waals surface area contributed by atoms with Crippen molar-refractivity contribution in [3.05, 3.63) is 60.3 Å². The fourth-order valence-electron chi connectivity index (χ4n) is 5.33. The second-order valence-corrected chi connectivity index (χ2v) is 11.0. The number of hydrogen-bond donors (Lipinski definition) is 3. The average Bonchev–Trinajstić information content (AvgIpc) is 3.38. The molecule has 1 aromatic heterocycles. The number of nitrogens with one attached hydrogen (secondary N) is 1. The Morgan fingerprint density at radius 1 is 1.10 bits per heavy atom. The summed E-state index contributed by atoms with van der Waals surface area (Å²) >= 11 is 0. The zero-order chi connectivity index (χ0) is 29.7. The maximum Gasteiger partial charge on any atom is 0.289 e. The Kier molecular flexibility index (Phi) is 9.65. The van der Waals surface area contributed by atoms with Crippen LogP contribution in [0.25, 0.3) is 17.1 Å². The predicted molar refractivity (Wildman–Crippen MR) is 158 cm³/mol. The molecule has 0 saturated carbocycles. The highest BCUT2D eigenvalue weighted by atomic mass is 16.3. The van der Waals surface area contributed by atoms with Crippen LogP contribution in [0.5, 0.6) is 11.5 Å². The van der Waals surface area contributed by atoms with E-state index in [0.717, 1.165) is 38.0 Å². The number of benzene rings is 2. The number of aromatic hydroxyl groups is 2. The van der Waals surface area contributed by atoms with Crippen molar-refractivity contribution < 1.29 is 19.8 Å². The molecule has 0 atom stereocenters. The lowest BCUT2D eigenvalue weighted by molar-refractivity contribution is -0.135. The zero-order valence-corrected chi connectivity index (χ0v) is 24.4. The number of nitrogens with zero attached hydrogens (tertiary/aromatic N) is 5. The molecular weight excluding hydrogens is 520 g/mol. The Hall–Kier alpha value is -3.92. The minimum absolute atomic E-state index is 0.000651. The van der Waals surface area contributed by atoms with Crippen molar-refractivity contribution in [2.24, 2.45) is 5.92 Å². The first-order valence-corrected chi connectivity index (χ1v) is 14.3.